The van der Waals surface area contributed by atoms with Crippen LogP contribution in [0.2, 0.25) is 0 Å². The normalized spacial score (nSPS) is 28.8. The van der Waals surface area contributed by atoms with Gasteiger partial charge in [-0.3, -0.25) is 0 Å². The number of rotatable bonds is 3. The van der Waals surface area contributed by atoms with Crippen LogP contribution in [-0.2, 0) is 0 Å². The Kier molecular flexibility index (Phi) is 4.11. The van der Waals surface area contributed by atoms with Crippen LogP contribution in [-0.4, -0.2) is 24.7 Å². The lowest BCUT2D eigenvalue weighted by Crippen LogP contribution is -2.56. The summed E-state index contributed by atoms with van der Waals surface area (Å²) in [6.07, 6.45) is 5.16. The van der Waals surface area contributed by atoms with E-state index in [1.54, 1.807) is 0 Å². The Bertz CT molecular complexity index is 483. The van der Waals surface area contributed by atoms with Crippen molar-refractivity contribution in [1.82, 2.24) is 5.32 Å². The summed E-state index contributed by atoms with van der Waals surface area (Å²) >= 11 is 0. The fraction of sp³-hybridized carbons (Fsp3) is 0.625. The van der Waals surface area contributed by atoms with Crippen LogP contribution in [0.15, 0.2) is 12.1 Å². The second-order valence-corrected chi connectivity index (χ2v) is 6.10. The predicted octanol–water partition coefficient (Wildman–Crippen LogP) is 3.60. The summed E-state index contributed by atoms with van der Waals surface area (Å²) < 4.78 is 40.2. The highest BCUT2D eigenvalue weighted by molar-refractivity contribution is 5.50. The number of nitrogens with one attached hydrogen (secondary N) is 1. The van der Waals surface area contributed by atoms with E-state index in [9.17, 15) is 13.2 Å². The van der Waals surface area contributed by atoms with Gasteiger partial charge in [0.05, 0.1) is 0 Å². The van der Waals surface area contributed by atoms with Gasteiger partial charge in [0.25, 0.3) is 0 Å². The van der Waals surface area contributed by atoms with E-state index in [4.69, 9.17) is 0 Å². The van der Waals surface area contributed by atoms with Gasteiger partial charge in [0.1, 0.15) is 0 Å². The second kappa shape index (κ2) is 5.87. The fourth-order valence-electron chi connectivity index (χ4n) is 3.95. The van der Waals surface area contributed by atoms with Gasteiger partial charge < -0.3 is 10.2 Å². The maximum absolute atomic E-state index is 13.5. The molecule has 2 saturated heterocycles. The van der Waals surface area contributed by atoms with Gasteiger partial charge in [-0.15, -0.1) is 0 Å². The third kappa shape index (κ3) is 2.76. The van der Waals surface area contributed by atoms with Crippen LogP contribution < -0.4 is 10.2 Å². The Morgan fingerprint density at radius 1 is 1.10 bits per heavy atom. The van der Waals surface area contributed by atoms with E-state index in [0.29, 0.717) is 11.7 Å². The van der Waals surface area contributed by atoms with Gasteiger partial charge in [0.2, 0.25) is 0 Å². The van der Waals surface area contributed by atoms with Gasteiger partial charge in [0.15, 0.2) is 17.5 Å². The van der Waals surface area contributed by atoms with Crippen molar-refractivity contribution in [2.24, 2.45) is 0 Å². The molecule has 0 aromatic heterocycles. The van der Waals surface area contributed by atoms with Crippen molar-refractivity contribution in [3.8, 4) is 0 Å². The number of benzene rings is 1. The molecular weight excluding hydrogens is 277 g/mol. The maximum Gasteiger partial charge on any atom is 0.194 e. The van der Waals surface area contributed by atoms with Crippen LogP contribution in [0, 0.1) is 17.5 Å². The summed E-state index contributed by atoms with van der Waals surface area (Å²) in [5.41, 5.74) is 0.482. The number of hydrogen-bond acceptors (Lipinski definition) is 2. The standard InChI is InChI=1S/C16H21F3N2/c1-2-20-10-6-11-4-3-5-12(7-10)21(11)13-8-14(17)16(19)15(18)9-13/h8-12,20H,2-7H2,1H3. The van der Waals surface area contributed by atoms with Gasteiger partial charge in [-0.2, -0.15) is 0 Å². The summed E-state index contributed by atoms with van der Waals surface area (Å²) in [5.74, 6) is -3.58. The molecule has 2 bridgehead atoms. The highest BCUT2D eigenvalue weighted by Gasteiger charge is 2.38. The molecule has 2 heterocycles. The molecular formula is C16H21F3N2. The minimum absolute atomic E-state index is 0.283. The molecule has 2 nitrogen and oxygen atoms in total. The molecule has 0 saturated carbocycles. The zero-order chi connectivity index (χ0) is 15.0. The Morgan fingerprint density at radius 3 is 2.19 bits per heavy atom. The van der Waals surface area contributed by atoms with Crippen LogP contribution >= 0.6 is 0 Å². The lowest BCUT2D eigenvalue weighted by molar-refractivity contribution is 0.247. The zero-order valence-corrected chi connectivity index (χ0v) is 12.2. The van der Waals surface area contributed by atoms with Crippen molar-refractivity contribution in [2.75, 3.05) is 11.4 Å². The molecule has 0 spiro atoms. The number of anilines is 1. The van der Waals surface area contributed by atoms with Gasteiger partial charge in [-0.05, 0) is 38.6 Å². The fourth-order valence-corrected chi connectivity index (χ4v) is 3.95. The van der Waals surface area contributed by atoms with Crippen LogP contribution in [0.3, 0.4) is 0 Å². The molecule has 0 amide bonds. The zero-order valence-electron chi connectivity index (χ0n) is 12.2. The Hall–Kier alpha value is -1.23. The minimum atomic E-state index is -1.38. The van der Waals surface area contributed by atoms with Gasteiger partial charge >= 0.3 is 0 Å². The van der Waals surface area contributed by atoms with Crippen LogP contribution in [0.4, 0.5) is 18.9 Å². The Labute approximate surface area is 123 Å². The predicted molar refractivity (Wildman–Crippen MR) is 76.9 cm³/mol. The molecule has 21 heavy (non-hydrogen) atoms. The van der Waals surface area contributed by atoms with Crippen molar-refractivity contribution < 1.29 is 13.2 Å². The topological polar surface area (TPSA) is 15.3 Å². The van der Waals surface area contributed by atoms with Crippen molar-refractivity contribution in [1.29, 1.82) is 0 Å². The van der Waals surface area contributed by atoms with E-state index in [1.165, 1.54) is 0 Å². The first-order valence-corrected chi connectivity index (χ1v) is 7.76. The Balaban J connectivity index is 1.88. The number of hydrogen-bond donors (Lipinski definition) is 1. The Morgan fingerprint density at radius 2 is 1.67 bits per heavy atom. The van der Waals surface area contributed by atoms with Crippen LogP contribution in [0.5, 0.6) is 0 Å². The highest BCUT2D eigenvalue weighted by atomic mass is 19.2. The largest absolute Gasteiger partial charge is 0.365 e. The first kappa shape index (κ1) is 14.7. The molecule has 2 aliphatic heterocycles. The average Bonchev–Trinajstić information content (AvgIpc) is 2.43. The molecule has 1 aromatic rings. The lowest BCUT2D eigenvalue weighted by atomic mass is 9.81. The molecule has 0 aliphatic carbocycles. The molecule has 0 radical (unpaired) electrons. The van der Waals surface area contributed by atoms with Crippen molar-refractivity contribution in [3.63, 3.8) is 0 Å². The molecule has 2 atom stereocenters. The third-order valence-corrected chi connectivity index (χ3v) is 4.73. The first-order valence-electron chi connectivity index (χ1n) is 7.76. The maximum atomic E-state index is 13.5. The third-order valence-electron chi connectivity index (χ3n) is 4.73. The summed E-state index contributed by atoms with van der Waals surface area (Å²) in [7, 11) is 0. The quantitative estimate of drug-likeness (QED) is 0.858. The van der Waals surface area contributed by atoms with Crippen LogP contribution in [0.1, 0.15) is 39.0 Å². The number of piperidine rings is 2. The molecule has 5 heteroatoms. The number of fused-ring (bicyclic) bond motifs is 2. The van der Waals surface area contributed by atoms with E-state index >= 15 is 0 Å². The van der Waals surface area contributed by atoms with Gasteiger partial charge in [-0.25, -0.2) is 13.2 Å². The van der Waals surface area contributed by atoms with E-state index in [0.717, 1.165) is 50.8 Å². The molecule has 1 aromatic carbocycles. The molecule has 2 fully saturated rings. The minimum Gasteiger partial charge on any atom is -0.365 e. The average molecular weight is 298 g/mol. The molecule has 116 valence electrons. The van der Waals surface area contributed by atoms with Crippen molar-refractivity contribution in [2.45, 2.75) is 57.2 Å². The number of halogens is 3. The second-order valence-electron chi connectivity index (χ2n) is 6.10. The SMILES string of the molecule is CCNC1CC2CCCC(C1)N2c1cc(F)c(F)c(F)c1. The highest BCUT2D eigenvalue weighted by Crippen LogP contribution is 2.38. The first-order chi connectivity index (χ1) is 10.1. The van der Waals surface area contributed by atoms with Crippen LogP contribution in [0.25, 0.3) is 0 Å². The molecule has 1 N–H and O–H groups in total. The van der Waals surface area contributed by atoms with E-state index in [1.807, 2.05) is 0 Å². The smallest absolute Gasteiger partial charge is 0.194 e. The summed E-state index contributed by atoms with van der Waals surface area (Å²) in [6.45, 7) is 3.02. The van der Waals surface area contributed by atoms with Gasteiger partial charge in [-0.1, -0.05) is 6.92 Å². The van der Waals surface area contributed by atoms with E-state index in [-0.39, 0.29) is 12.1 Å². The number of nitrogens with zero attached hydrogens (tertiary/aromatic N) is 1. The monoisotopic (exact) mass is 298 g/mol. The molecule has 3 rings (SSSR count). The van der Waals surface area contributed by atoms with Crippen molar-refractivity contribution in [3.05, 3.63) is 29.6 Å². The van der Waals surface area contributed by atoms with E-state index in [2.05, 4.69) is 17.1 Å². The summed E-state index contributed by atoms with van der Waals surface area (Å²) in [6, 6.07) is 3.31. The molecule has 2 unspecified atom stereocenters. The molecule has 2 aliphatic rings. The summed E-state index contributed by atoms with van der Waals surface area (Å²) in [4.78, 5) is 2.11. The lowest BCUT2D eigenvalue weighted by Gasteiger charge is -2.50. The van der Waals surface area contributed by atoms with Crippen molar-refractivity contribution >= 4 is 5.69 Å². The summed E-state index contributed by atoms with van der Waals surface area (Å²) in [5, 5.41) is 3.48. The van der Waals surface area contributed by atoms with E-state index < -0.39 is 17.5 Å². The van der Waals surface area contributed by atoms with Gasteiger partial charge in [0, 0.05) is 35.9 Å².